The number of imidazole rings is 1. The quantitative estimate of drug-likeness (QED) is 0.564. The lowest BCUT2D eigenvalue weighted by molar-refractivity contribution is -0.384. The number of hydrogen-bond acceptors (Lipinski definition) is 4. The van der Waals surface area contributed by atoms with Crippen LogP contribution in [0.15, 0.2) is 42.5 Å². The number of nitrogens with one attached hydrogen (secondary N) is 1. The van der Waals surface area contributed by atoms with Crippen molar-refractivity contribution in [2.45, 2.75) is 18.8 Å². The van der Waals surface area contributed by atoms with Crippen molar-refractivity contribution in [1.82, 2.24) is 14.9 Å². The fourth-order valence-corrected chi connectivity index (χ4v) is 3.46. The summed E-state index contributed by atoms with van der Waals surface area (Å²) in [5.74, 6) is 0.565. The molecule has 7 nitrogen and oxygen atoms in total. The number of nitro groups is 1. The molecule has 1 N–H and O–H groups in total. The van der Waals surface area contributed by atoms with E-state index in [1.165, 1.54) is 36.4 Å². The van der Waals surface area contributed by atoms with Gasteiger partial charge in [-0.25, -0.2) is 9.37 Å². The highest BCUT2D eigenvalue weighted by molar-refractivity contribution is 5.94. The molecule has 0 aliphatic carbocycles. The van der Waals surface area contributed by atoms with E-state index in [0.717, 1.165) is 24.2 Å². The van der Waals surface area contributed by atoms with E-state index in [-0.39, 0.29) is 23.3 Å². The lowest BCUT2D eigenvalue weighted by Crippen LogP contribution is -2.38. The minimum Gasteiger partial charge on any atom is -0.342 e. The largest absolute Gasteiger partial charge is 0.342 e. The molecule has 27 heavy (non-hydrogen) atoms. The van der Waals surface area contributed by atoms with Gasteiger partial charge in [-0.2, -0.15) is 0 Å². The van der Waals surface area contributed by atoms with Crippen LogP contribution in [0.25, 0.3) is 11.0 Å². The van der Waals surface area contributed by atoms with Crippen LogP contribution >= 0.6 is 0 Å². The second-order valence-corrected chi connectivity index (χ2v) is 6.65. The maximum Gasteiger partial charge on any atom is 0.269 e. The zero-order valence-corrected chi connectivity index (χ0v) is 14.4. The van der Waals surface area contributed by atoms with Crippen molar-refractivity contribution in [2.24, 2.45) is 0 Å². The van der Waals surface area contributed by atoms with E-state index in [2.05, 4.69) is 9.97 Å². The summed E-state index contributed by atoms with van der Waals surface area (Å²) in [6, 6.07) is 10.1. The van der Waals surface area contributed by atoms with E-state index in [4.69, 9.17) is 0 Å². The van der Waals surface area contributed by atoms with Crippen molar-refractivity contribution in [3.05, 3.63) is 69.8 Å². The van der Waals surface area contributed by atoms with Crippen LogP contribution in [0.1, 0.15) is 34.9 Å². The first-order valence-electron chi connectivity index (χ1n) is 8.70. The van der Waals surface area contributed by atoms with Crippen LogP contribution < -0.4 is 0 Å². The SMILES string of the molecule is O=C(c1ccc([N+](=O)[O-])cc1)N1CCC(c2nc3ccc(F)cc3[nH]2)CC1. The van der Waals surface area contributed by atoms with Crippen LogP contribution in [-0.2, 0) is 0 Å². The third-order valence-corrected chi connectivity index (χ3v) is 4.96. The Morgan fingerprint density at radius 3 is 2.56 bits per heavy atom. The number of nitro benzene ring substituents is 1. The van der Waals surface area contributed by atoms with Gasteiger partial charge in [-0.05, 0) is 43.2 Å². The molecule has 2 heterocycles. The number of piperidine rings is 1. The van der Waals surface area contributed by atoms with Gasteiger partial charge in [-0.15, -0.1) is 0 Å². The van der Waals surface area contributed by atoms with E-state index in [1.807, 2.05) is 0 Å². The average molecular weight is 368 g/mol. The molecule has 1 amide bonds. The van der Waals surface area contributed by atoms with Crippen LogP contribution in [0.5, 0.6) is 0 Å². The van der Waals surface area contributed by atoms with Crippen molar-refractivity contribution < 1.29 is 14.1 Å². The molecule has 0 saturated carbocycles. The van der Waals surface area contributed by atoms with Gasteiger partial charge in [0.25, 0.3) is 11.6 Å². The summed E-state index contributed by atoms with van der Waals surface area (Å²) in [5.41, 5.74) is 1.81. The van der Waals surface area contributed by atoms with Gasteiger partial charge in [-0.1, -0.05) is 0 Å². The fraction of sp³-hybridized carbons (Fsp3) is 0.263. The van der Waals surface area contributed by atoms with Gasteiger partial charge in [0.05, 0.1) is 16.0 Å². The minimum atomic E-state index is -0.487. The number of rotatable bonds is 3. The normalized spacial score (nSPS) is 15.2. The predicted octanol–water partition coefficient (Wildman–Crippen LogP) is 3.63. The Morgan fingerprint density at radius 1 is 1.19 bits per heavy atom. The number of nitrogens with zero attached hydrogens (tertiary/aromatic N) is 3. The Bertz CT molecular complexity index is 1010. The summed E-state index contributed by atoms with van der Waals surface area (Å²) in [4.78, 5) is 32.3. The van der Waals surface area contributed by atoms with Gasteiger partial charge in [-0.3, -0.25) is 14.9 Å². The summed E-state index contributed by atoms with van der Waals surface area (Å²) in [7, 11) is 0. The van der Waals surface area contributed by atoms with E-state index >= 15 is 0 Å². The molecule has 1 fully saturated rings. The molecule has 0 unspecified atom stereocenters. The number of halogens is 1. The van der Waals surface area contributed by atoms with Crippen molar-refractivity contribution in [2.75, 3.05) is 13.1 Å². The third-order valence-electron chi connectivity index (χ3n) is 4.96. The second kappa shape index (κ2) is 6.79. The average Bonchev–Trinajstić information content (AvgIpc) is 3.11. The number of likely N-dealkylation sites (tertiary alicyclic amines) is 1. The maximum absolute atomic E-state index is 13.3. The molecule has 138 valence electrons. The van der Waals surface area contributed by atoms with Crippen LogP contribution in [0, 0.1) is 15.9 Å². The van der Waals surface area contributed by atoms with Gasteiger partial charge in [0.2, 0.25) is 0 Å². The minimum absolute atomic E-state index is 0.0356. The molecule has 1 saturated heterocycles. The number of hydrogen-bond donors (Lipinski definition) is 1. The molecular weight excluding hydrogens is 351 g/mol. The lowest BCUT2D eigenvalue weighted by atomic mass is 9.95. The molecule has 0 atom stereocenters. The standard InChI is InChI=1S/C19H17FN4O3/c20-14-3-6-16-17(11-14)22-18(21-16)12-7-9-23(10-8-12)19(25)13-1-4-15(5-2-13)24(26)27/h1-6,11-12H,7-10H2,(H,21,22). The first kappa shape index (κ1) is 17.1. The maximum atomic E-state index is 13.3. The van der Waals surface area contributed by atoms with E-state index in [9.17, 15) is 19.3 Å². The number of H-pyrrole nitrogens is 1. The third kappa shape index (κ3) is 3.38. The first-order chi connectivity index (χ1) is 13.0. The Balaban J connectivity index is 1.43. The number of non-ortho nitro benzene ring substituents is 1. The van der Waals surface area contributed by atoms with Crippen molar-refractivity contribution in [1.29, 1.82) is 0 Å². The highest BCUT2D eigenvalue weighted by atomic mass is 19.1. The number of amides is 1. The number of carbonyl (C=O) groups excluding carboxylic acids is 1. The molecule has 0 bridgehead atoms. The van der Waals surface area contributed by atoms with Crippen molar-refractivity contribution >= 4 is 22.6 Å². The molecule has 1 aliphatic rings. The van der Waals surface area contributed by atoms with Crippen molar-refractivity contribution in [3.8, 4) is 0 Å². The van der Waals surface area contributed by atoms with Crippen LogP contribution in [0.4, 0.5) is 10.1 Å². The van der Waals surface area contributed by atoms with E-state index in [1.54, 1.807) is 11.0 Å². The monoisotopic (exact) mass is 368 g/mol. The van der Waals surface area contributed by atoms with E-state index in [0.29, 0.717) is 24.2 Å². The Labute approximate surface area is 154 Å². The Morgan fingerprint density at radius 2 is 1.89 bits per heavy atom. The summed E-state index contributed by atoms with van der Waals surface area (Å²) in [6.07, 6.45) is 1.50. The number of benzene rings is 2. The van der Waals surface area contributed by atoms with Gasteiger partial charge in [0.1, 0.15) is 11.6 Å². The van der Waals surface area contributed by atoms with Crippen LogP contribution in [0.3, 0.4) is 0 Å². The van der Waals surface area contributed by atoms with Gasteiger partial charge < -0.3 is 9.88 Å². The number of aromatic nitrogens is 2. The number of fused-ring (bicyclic) bond motifs is 1. The van der Waals surface area contributed by atoms with Crippen LogP contribution in [0.2, 0.25) is 0 Å². The Kier molecular flexibility index (Phi) is 4.31. The molecule has 8 heteroatoms. The zero-order chi connectivity index (χ0) is 19.0. The van der Waals surface area contributed by atoms with Gasteiger partial charge in [0, 0.05) is 36.7 Å². The topological polar surface area (TPSA) is 92.1 Å². The second-order valence-electron chi connectivity index (χ2n) is 6.65. The molecule has 0 spiro atoms. The zero-order valence-electron chi connectivity index (χ0n) is 14.4. The number of aromatic amines is 1. The van der Waals surface area contributed by atoms with Crippen molar-refractivity contribution in [3.63, 3.8) is 0 Å². The molecule has 1 aliphatic heterocycles. The fourth-order valence-electron chi connectivity index (χ4n) is 3.46. The van der Waals surface area contributed by atoms with Gasteiger partial charge >= 0.3 is 0 Å². The molecule has 1 aromatic heterocycles. The lowest BCUT2D eigenvalue weighted by Gasteiger charge is -2.31. The number of carbonyl (C=O) groups is 1. The van der Waals surface area contributed by atoms with Crippen LogP contribution in [-0.4, -0.2) is 38.8 Å². The summed E-state index contributed by atoms with van der Waals surface area (Å²) < 4.78 is 13.3. The first-order valence-corrected chi connectivity index (χ1v) is 8.70. The molecule has 0 radical (unpaired) electrons. The highest BCUT2D eigenvalue weighted by Crippen LogP contribution is 2.28. The van der Waals surface area contributed by atoms with E-state index < -0.39 is 4.92 Å². The molecule has 4 rings (SSSR count). The summed E-state index contributed by atoms with van der Waals surface area (Å²) in [6.45, 7) is 1.15. The highest BCUT2D eigenvalue weighted by Gasteiger charge is 2.26. The predicted molar refractivity (Wildman–Crippen MR) is 97.0 cm³/mol. The molecular formula is C19H17FN4O3. The molecule has 2 aromatic carbocycles. The summed E-state index contributed by atoms with van der Waals surface area (Å²) >= 11 is 0. The van der Waals surface area contributed by atoms with Gasteiger partial charge in [0.15, 0.2) is 0 Å². The summed E-state index contributed by atoms with van der Waals surface area (Å²) in [5, 5.41) is 10.7. The molecule has 3 aromatic rings. The smallest absolute Gasteiger partial charge is 0.269 e. The Hall–Kier alpha value is -3.29.